The van der Waals surface area contributed by atoms with Gasteiger partial charge < -0.3 is 21.1 Å². The Balaban J connectivity index is 0. The number of ether oxygens (including phenoxy) is 1. The fraction of sp³-hybridized carbons (Fsp3) is 0.667. The molecule has 0 aromatic heterocycles. The van der Waals surface area contributed by atoms with Crippen LogP contribution < -0.4 is 6.15 Å². The lowest BCUT2D eigenvalue weighted by atomic mass is 10.2. The molecule has 72 valence electrons. The van der Waals surface area contributed by atoms with Crippen LogP contribution in [0.2, 0.25) is 0 Å². The maximum Gasteiger partial charge on any atom is 0.333 e. The summed E-state index contributed by atoms with van der Waals surface area (Å²) in [7, 11) is 0. The second-order valence-electron chi connectivity index (χ2n) is 1.86. The molecule has 1 unspecified atom stereocenters. The summed E-state index contributed by atoms with van der Waals surface area (Å²) >= 11 is 0. The van der Waals surface area contributed by atoms with Gasteiger partial charge in [0.05, 0.1) is 13.0 Å². The van der Waals surface area contributed by atoms with E-state index in [1.54, 1.807) is 6.92 Å². The quantitative estimate of drug-likeness (QED) is 0.503. The van der Waals surface area contributed by atoms with Crippen LogP contribution in [0.15, 0.2) is 0 Å². The molecule has 0 aliphatic heterocycles. The van der Waals surface area contributed by atoms with Crippen molar-refractivity contribution < 1.29 is 24.5 Å². The maximum absolute atomic E-state index is 10.5. The normalized spacial score (nSPS) is 11.2. The molecule has 0 saturated carbocycles. The molecule has 0 aliphatic carbocycles. The Bertz CT molecular complexity index is 158. The van der Waals surface area contributed by atoms with E-state index in [0.717, 1.165) is 0 Å². The lowest BCUT2D eigenvalue weighted by Crippen LogP contribution is -2.24. The summed E-state index contributed by atoms with van der Waals surface area (Å²) in [5.74, 6) is -2.12. The van der Waals surface area contributed by atoms with Crippen LogP contribution in [0, 0.1) is 0 Å². The number of hydrogen-bond acceptors (Lipinski definition) is 5. The van der Waals surface area contributed by atoms with Crippen LogP contribution >= 0.6 is 0 Å². The van der Waals surface area contributed by atoms with Crippen LogP contribution in [0.3, 0.4) is 0 Å². The third-order valence-electron chi connectivity index (χ3n) is 0.950. The molecule has 0 heterocycles. The molecule has 0 aromatic rings. The van der Waals surface area contributed by atoms with Gasteiger partial charge in [0.1, 0.15) is 0 Å². The number of carbonyl (C=O) groups is 2. The van der Waals surface area contributed by atoms with E-state index in [1.807, 2.05) is 0 Å². The summed E-state index contributed by atoms with van der Waals surface area (Å²) in [4.78, 5) is 20.5. The second kappa shape index (κ2) is 6.56. The van der Waals surface area contributed by atoms with E-state index in [0.29, 0.717) is 0 Å². The Kier molecular flexibility index (Phi) is 7.36. The molecule has 0 amide bonds. The summed E-state index contributed by atoms with van der Waals surface area (Å²) in [5.41, 5.74) is 0. The Labute approximate surface area is 69.7 Å². The molecule has 0 radical (unpaired) electrons. The van der Waals surface area contributed by atoms with Crippen molar-refractivity contribution in [1.82, 2.24) is 6.15 Å². The monoisotopic (exact) mass is 179 g/mol. The molecule has 1 atom stereocenters. The first-order valence-corrected chi connectivity index (χ1v) is 3.14. The first kappa shape index (κ1) is 13.4. The molecule has 0 rings (SSSR count). The van der Waals surface area contributed by atoms with Gasteiger partial charge in [0.15, 0.2) is 6.10 Å². The Morgan fingerprint density at radius 1 is 1.50 bits per heavy atom. The van der Waals surface area contributed by atoms with Crippen LogP contribution in [0.25, 0.3) is 0 Å². The number of aliphatic hydroxyl groups is 1. The Morgan fingerprint density at radius 2 is 2.00 bits per heavy atom. The van der Waals surface area contributed by atoms with Crippen molar-refractivity contribution in [3.05, 3.63) is 0 Å². The molecule has 0 bridgehead atoms. The van der Waals surface area contributed by atoms with Crippen LogP contribution in [0.5, 0.6) is 0 Å². The zero-order valence-corrected chi connectivity index (χ0v) is 6.82. The molecule has 6 nitrogen and oxygen atoms in total. The van der Waals surface area contributed by atoms with Gasteiger partial charge in [-0.15, -0.1) is 0 Å². The average Bonchev–Trinajstić information content (AvgIpc) is 1.87. The highest BCUT2D eigenvalue weighted by Gasteiger charge is 2.17. The molecule has 12 heavy (non-hydrogen) atoms. The van der Waals surface area contributed by atoms with E-state index in [9.17, 15) is 9.59 Å². The van der Waals surface area contributed by atoms with Gasteiger partial charge in [-0.3, -0.25) is 4.79 Å². The number of esters is 1. The topological polar surface area (TPSA) is 119 Å². The van der Waals surface area contributed by atoms with E-state index in [4.69, 9.17) is 10.2 Å². The molecule has 0 aliphatic rings. The number of hydrogen-bond donors (Lipinski definition) is 3. The van der Waals surface area contributed by atoms with Gasteiger partial charge in [-0.1, -0.05) is 0 Å². The van der Waals surface area contributed by atoms with Gasteiger partial charge >= 0.3 is 11.9 Å². The zero-order chi connectivity index (χ0) is 8.85. The van der Waals surface area contributed by atoms with Gasteiger partial charge in [-0.05, 0) is 6.92 Å². The number of carboxylic acids is 1. The highest BCUT2D eigenvalue weighted by Crippen LogP contribution is 1.94. The van der Waals surface area contributed by atoms with Crippen LogP contribution in [-0.4, -0.2) is 34.9 Å². The molecule has 6 heteroatoms. The van der Waals surface area contributed by atoms with Crippen molar-refractivity contribution in [2.24, 2.45) is 0 Å². The number of aliphatic hydroxyl groups excluding tert-OH is 1. The predicted molar refractivity (Wildman–Crippen MR) is 39.9 cm³/mol. The molecule has 0 fully saturated rings. The predicted octanol–water partition coefficient (Wildman–Crippen LogP) is -0.453. The largest absolute Gasteiger partial charge is 0.479 e. The summed E-state index contributed by atoms with van der Waals surface area (Å²) < 4.78 is 4.40. The lowest BCUT2D eigenvalue weighted by molar-refractivity contribution is -0.155. The third-order valence-corrected chi connectivity index (χ3v) is 0.950. The summed E-state index contributed by atoms with van der Waals surface area (Å²) in [6.45, 7) is 1.79. The van der Waals surface area contributed by atoms with Gasteiger partial charge in [0.25, 0.3) is 0 Å². The fourth-order valence-corrected chi connectivity index (χ4v) is 0.465. The molecular weight excluding hydrogens is 166 g/mol. The SMILES string of the molecule is CCOC(=O)CC(O)C(=O)O.N. The van der Waals surface area contributed by atoms with Crippen LogP contribution in [0.4, 0.5) is 0 Å². The first-order chi connectivity index (χ1) is 5.07. The van der Waals surface area contributed by atoms with E-state index < -0.39 is 24.5 Å². The van der Waals surface area contributed by atoms with Crippen molar-refractivity contribution in [2.45, 2.75) is 19.4 Å². The number of aliphatic carboxylic acids is 1. The average molecular weight is 179 g/mol. The Morgan fingerprint density at radius 3 is 2.33 bits per heavy atom. The van der Waals surface area contributed by atoms with Crippen LogP contribution in [0.1, 0.15) is 13.3 Å². The fourth-order valence-electron chi connectivity index (χ4n) is 0.465. The van der Waals surface area contributed by atoms with E-state index >= 15 is 0 Å². The van der Waals surface area contributed by atoms with Crippen LogP contribution in [-0.2, 0) is 14.3 Å². The Hall–Kier alpha value is -1.14. The van der Waals surface area contributed by atoms with Crippen molar-refractivity contribution in [3.8, 4) is 0 Å². The van der Waals surface area contributed by atoms with E-state index in [-0.39, 0.29) is 12.8 Å². The minimum absolute atomic E-state index is 0. The van der Waals surface area contributed by atoms with Gasteiger partial charge in [0.2, 0.25) is 0 Å². The summed E-state index contributed by atoms with van der Waals surface area (Å²) in [6, 6.07) is 0. The molecule has 5 N–H and O–H groups in total. The van der Waals surface area contributed by atoms with Crippen molar-refractivity contribution in [3.63, 3.8) is 0 Å². The first-order valence-electron chi connectivity index (χ1n) is 3.14. The number of carboxylic acid groups (broad SMARTS) is 1. The standard InChI is InChI=1S/C6H10O5.H3N/c1-2-11-5(8)3-4(7)6(9)10;/h4,7H,2-3H2,1H3,(H,9,10);1H3. The van der Waals surface area contributed by atoms with Crippen molar-refractivity contribution in [2.75, 3.05) is 6.61 Å². The molecular formula is C6H13NO5. The zero-order valence-electron chi connectivity index (χ0n) is 6.82. The maximum atomic E-state index is 10.5. The highest BCUT2D eigenvalue weighted by atomic mass is 16.5. The third kappa shape index (κ3) is 5.63. The van der Waals surface area contributed by atoms with Crippen molar-refractivity contribution >= 4 is 11.9 Å². The number of carbonyl (C=O) groups excluding carboxylic acids is 1. The minimum Gasteiger partial charge on any atom is -0.479 e. The second-order valence-corrected chi connectivity index (χ2v) is 1.86. The summed E-state index contributed by atoms with van der Waals surface area (Å²) in [6.07, 6.45) is -2.16. The molecule has 0 saturated heterocycles. The van der Waals surface area contributed by atoms with Gasteiger partial charge in [-0.25, -0.2) is 4.79 Å². The molecule has 0 spiro atoms. The summed E-state index contributed by atoms with van der Waals surface area (Å²) in [5, 5.41) is 16.8. The van der Waals surface area contributed by atoms with E-state index in [1.165, 1.54) is 0 Å². The number of rotatable bonds is 4. The van der Waals surface area contributed by atoms with Gasteiger partial charge in [-0.2, -0.15) is 0 Å². The highest BCUT2D eigenvalue weighted by molar-refractivity contribution is 5.80. The molecule has 0 aromatic carbocycles. The van der Waals surface area contributed by atoms with Crippen molar-refractivity contribution in [1.29, 1.82) is 0 Å². The minimum atomic E-state index is -1.66. The smallest absolute Gasteiger partial charge is 0.333 e. The van der Waals surface area contributed by atoms with E-state index in [2.05, 4.69) is 4.74 Å². The van der Waals surface area contributed by atoms with Gasteiger partial charge in [0, 0.05) is 0 Å². The lowest BCUT2D eigenvalue weighted by Gasteiger charge is -2.03.